The first kappa shape index (κ1) is 12.8. The van der Waals surface area contributed by atoms with E-state index in [0.717, 1.165) is 21.0 Å². The minimum atomic E-state index is -0.782. The van der Waals surface area contributed by atoms with Gasteiger partial charge >= 0.3 is 5.97 Å². The van der Waals surface area contributed by atoms with Gasteiger partial charge in [-0.25, -0.2) is 4.98 Å². The topological polar surface area (TPSA) is 50.2 Å². The summed E-state index contributed by atoms with van der Waals surface area (Å²) in [6, 6.07) is 7.65. The number of aromatic nitrogens is 1. The van der Waals surface area contributed by atoms with Crippen LogP contribution in [0.25, 0.3) is 0 Å². The molecule has 0 saturated heterocycles. The fourth-order valence-electron chi connectivity index (χ4n) is 2.01. The van der Waals surface area contributed by atoms with Gasteiger partial charge in [0.2, 0.25) is 0 Å². The Hall–Kier alpha value is -1.68. The molecule has 94 valence electrons. The number of hydrogen-bond donors (Lipinski definition) is 1. The SMILES string of the molecule is Cc1ncc(CC(C(=O)O)c2ccccc2C)s1. The van der Waals surface area contributed by atoms with E-state index in [0.29, 0.717) is 6.42 Å². The standard InChI is InChI=1S/C14H15NO2S/c1-9-5-3-4-6-12(9)13(14(16)17)7-11-8-15-10(2)18-11/h3-6,8,13H,7H2,1-2H3,(H,16,17). The van der Waals surface area contributed by atoms with Crippen molar-refractivity contribution in [2.45, 2.75) is 26.2 Å². The number of nitrogens with zero attached hydrogens (tertiary/aromatic N) is 1. The fraction of sp³-hybridized carbons (Fsp3) is 0.286. The maximum Gasteiger partial charge on any atom is 0.311 e. The summed E-state index contributed by atoms with van der Waals surface area (Å²) in [5.74, 6) is -1.28. The van der Waals surface area contributed by atoms with Crippen molar-refractivity contribution in [1.82, 2.24) is 4.98 Å². The Balaban J connectivity index is 2.30. The second kappa shape index (κ2) is 5.31. The second-order valence-electron chi connectivity index (χ2n) is 4.30. The van der Waals surface area contributed by atoms with Gasteiger partial charge in [0.15, 0.2) is 0 Å². The van der Waals surface area contributed by atoms with Crippen molar-refractivity contribution in [2.75, 3.05) is 0 Å². The zero-order valence-corrected chi connectivity index (χ0v) is 11.2. The zero-order chi connectivity index (χ0) is 13.1. The largest absolute Gasteiger partial charge is 0.481 e. The van der Waals surface area contributed by atoms with Crippen LogP contribution in [-0.4, -0.2) is 16.1 Å². The predicted molar refractivity (Wildman–Crippen MR) is 72.1 cm³/mol. The van der Waals surface area contributed by atoms with Crippen LogP contribution >= 0.6 is 11.3 Å². The van der Waals surface area contributed by atoms with Gasteiger partial charge in [0.05, 0.1) is 10.9 Å². The summed E-state index contributed by atoms with van der Waals surface area (Å²) in [4.78, 5) is 16.6. The lowest BCUT2D eigenvalue weighted by Gasteiger charge is -2.14. The van der Waals surface area contributed by atoms with Gasteiger partial charge in [-0.05, 0) is 25.0 Å². The molecule has 3 nitrogen and oxygen atoms in total. The lowest BCUT2D eigenvalue weighted by Crippen LogP contribution is -2.15. The van der Waals surface area contributed by atoms with E-state index in [1.807, 2.05) is 38.1 Å². The molecule has 2 aromatic rings. The summed E-state index contributed by atoms with van der Waals surface area (Å²) in [7, 11) is 0. The molecule has 1 unspecified atom stereocenters. The Morgan fingerprint density at radius 2 is 2.11 bits per heavy atom. The number of aryl methyl sites for hydroxylation is 2. The Kier molecular flexibility index (Phi) is 3.77. The van der Waals surface area contributed by atoms with Crippen LogP contribution in [0.3, 0.4) is 0 Å². The maximum absolute atomic E-state index is 11.4. The number of thiazole rings is 1. The Morgan fingerprint density at radius 3 is 2.67 bits per heavy atom. The summed E-state index contributed by atoms with van der Waals surface area (Å²) in [6.07, 6.45) is 2.28. The smallest absolute Gasteiger partial charge is 0.311 e. The van der Waals surface area contributed by atoms with Crippen molar-refractivity contribution >= 4 is 17.3 Å². The number of carboxylic acids is 1. The molecule has 0 aliphatic carbocycles. The molecule has 0 bridgehead atoms. The molecule has 18 heavy (non-hydrogen) atoms. The Labute approximate surface area is 110 Å². The van der Waals surface area contributed by atoms with E-state index >= 15 is 0 Å². The molecular formula is C14H15NO2S. The number of carboxylic acid groups (broad SMARTS) is 1. The molecule has 0 spiro atoms. The molecule has 0 fully saturated rings. The van der Waals surface area contributed by atoms with E-state index in [1.165, 1.54) is 0 Å². The molecule has 0 aliphatic rings. The van der Waals surface area contributed by atoms with Gasteiger partial charge in [0.1, 0.15) is 0 Å². The van der Waals surface area contributed by atoms with Crippen LogP contribution in [-0.2, 0) is 11.2 Å². The summed E-state index contributed by atoms with van der Waals surface area (Å²) >= 11 is 1.56. The first-order valence-electron chi connectivity index (χ1n) is 5.77. The van der Waals surface area contributed by atoms with Crippen molar-refractivity contribution in [1.29, 1.82) is 0 Å². The van der Waals surface area contributed by atoms with E-state index in [2.05, 4.69) is 4.98 Å². The Morgan fingerprint density at radius 1 is 1.39 bits per heavy atom. The van der Waals surface area contributed by atoms with E-state index in [4.69, 9.17) is 0 Å². The van der Waals surface area contributed by atoms with Crippen molar-refractivity contribution in [3.63, 3.8) is 0 Å². The molecule has 2 rings (SSSR count). The molecular weight excluding hydrogens is 246 g/mol. The third-order valence-electron chi connectivity index (χ3n) is 2.94. The first-order chi connectivity index (χ1) is 8.58. The van der Waals surface area contributed by atoms with Gasteiger partial charge in [0, 0.05) is 17.5 Å². The van der Waals surface area contributed by atoms with Gasteiger partial charge < -0.3 is 5.11 Å². The van der Waals surface area contributed by atoms with Crippen molar-refractivity contribution in [2.24, 2.45) is 0 Å². The fourth-order valence-corrected chi connectivity index (χ4v) is 2.85. The molecule has 1 aromatic heterocycles. The van der Waals surface area contributed by atoms with E-state index < -0.39 is 11.9 Å². The van der Waals surface area contributed by atoms with E-state index in [9.17, 15) is 9.90 Å². The molecule has 4 heteroatoms. The number of carbonyl (C=O) groups is 1. The summed E-state index contributed by atoms with van der Waals surface area (Å²) < 4.78 is 0. The van der Waals surface area contributed by atoms with Crippen LogP contribution in [0, 0.1) is 13.8 Å². The molecule has 0 amide bonds. The summed E-state index contributed by atoms with van der Waals surface area (Å²) in [6.45, 7) is 3.88. The maximum atomic E-state index is 11.4. The van der Waals surface area contributed by atoms with Crippen molar-refractivity contribution in [3.8, 4) is 0 Å². The molecule has 0 saturated carbocycles. The highest BCUT2D eigenvalue weighted by molar-refractivity contribution is 7.11. The van der Waals surface area contributed by atoms with Crippen LogP contribution < -0.4 is 0 Å². The number of aliphatic carboxylic acids is 1. The molecule has 1 aromatic carbocycles. The molecule has 1 N–H and O–H groups in total. The molecule has 0 radical (unpaired) electrons. The van der Waals surface area contributed by atoms with Gasteiger partial charge in [-0.15, -0.1) is 11.3 Å². The molecule has 1 atom stereocenters. The van der Waals surface area contributed by atoms with E-state index in [1.54, 1.807) is 17.5 Å². The van der Waals surface area contributed by atoms with Crippen LogP contribution in [0.5, 0.6) is 0 Å². The van der Waals surface area contributed by atoms with Gasteiger partial charge in [0.25, 0.3) is 0 Å². The molecule has 0 aliphatic heterocycles. The minimum absolute atomic E-state index is 0.494. The number of hydrogen-bond acceptors (Lipinski definition) is 3. The summed E-state index contributed by atoms with van der Waals surface area (Å²) in [5, 5.41) is 10.4. The van der Waals surface area contributed by atoms with Gasteiger partial charge in [-0.3, -0.25) is 4.79 Å². The van der Waals surface area contributed by atoms with Gasteiger partial charge in [-0.1, -0.05) is 24.3 Å². The highest BCUT2D eigenvalue weighted by atomic mass is 32.1. The number of benzene rings is 1. The van der Waals surface area contributed by atoms with Gasteiger partial charge in [-0.2, -0.15) is 0 Å². The minimum Gasteiger partial charge on any atom is -0.481 e. The monoisotopic (exact) mass is 261 g/mol. The summed E-state index contributed by atoms with van der Waals surface area (Å²) in [5.41, 5.74) is 1.90. The third kappa shape index (κ3) is 2.76. The second-order valence-corrected chi connectivity index (χ2v) is 5.62. The third-order valence-corrected chi connectivity index (χ3v) is 3.87. The van der Waals surface area contributed by atoms with Crippen LogP contribution in [0.4, 0.5) is 0 Å². The normalized spacial score (nSPS) is 12.3. The zero-order valence-electron chi connectivity index (χ0n) is 10.4. The van der Waals surface area contributed by atoms with Crippen LogP contribution in [0.15, 0.2) is 30.5 Å². The predicted octanol–water partition coefficient (Wildman–Crippen LogP) is 3.17. The molecule has 1 heterocycles. The Bertz CT molecular complexity index is 562. The number of rotatable bonds is 4. The van der Waals surface area contributed by atoms with Crippen LogP contribution in [0.1, 0.15) is 26.9 Å². The highest BCUT2D eigenvalue weighted by Gasteiger charge is 2.22. The van der Waals surface area contributed by atoms with Crippen molar-refractivity contribution < 1.29 is 9.90 Å². The first-order valence-corrected chi connectivity index (χ1v) is 6.59. The lowest BCUT2D eigenvalue weighted by atomic mass is 9.92. The van der Waals surface area contributed by atoms with Crippen LogP contribution in [0.2, 0.25) is 0 Å². The quantitative estimate of drug-likeness (QED) is 0.919. The average molecular weight is 261 g/mol. The average Bonchev–Trinajstić information content (AvgIpc) is 2.73. The van der Waals surface area contributed by atoms with E-state index in [-0.39, 0.29) is 0 Å². The van der Waals surface area contributed by atoms with Crippen molar-refractivity contribution in [3.05, 3.63) is 51.5 Å². The lowest BCUT2D eigenvalue weighted by molar-refractivity contribution is -0.138. The highest BCUT2D eigenvalue weighted by Crippen LogP contribution is 2.26.